The van der Waals surface area contributed by atoms with E-state index in [0.717, 1.165) is 11.3 Å². The molecule has 1 N–H and O–H groups in total. The number of amides is 1. The molecule has 0 aliphatic heterocycles. The molecule has 12 heteroatoms. The standard InChI is InChI=1S/C19H15N7O3S2/c1-12-4-2-6-14(8-12)25-19(22-23-24-25)31-11-17(27)21-18-20-16(10-30-18)13-5-3-7-15(9-13)26(28)29/h2-10H,11H2,1H3,(H,20,21,27). The average Bonchev–Trinajstić information content (AvgIpc) is 3.42. The second kappa shape index (κ2) is 9.02. The summed E-state index contributed by atoms with van der Waals surface area (Å²) in [5.74, 6) is -0.165. The zero-order chi connectivity index (χ0) is 21.8. The number of hydrogen-bond donors (Lipinski definition) is 1. The number of carbonyl (C=O) groups excluding carboxylic acids is 1. The summed E-state index contributed by atoms with van der Waals surface area (Å²) in [5.41, 5.74) is 3.04. The Hall–Kier alpha value is -3.64. The van der Waals surface area contributed by atoms with E-state index >= 15 is 0 Å². The zero-order valence-electron chi connectivity index (χ0n) is 16.1. The van der Waals surface area contributed by atoms with Gasteiger partial charge in [0.2, 0.25) is 11.1 Å². The maximum Gasteiger partial charge on any atom is 0.270 e. The summed E-state index contributed by atoms with van der Waals surface area (Å²) < 4.78 is 1.58. The van der Waals surface area contributed by atoms with E-state index in [2.05, 4.69) is 25.8 Å². The number of benzene rings is 2. The number of aromatic nitrogens is 5. The number of hydrogen-bond acceptors (Lipinski definition) is 9. The van der Waals surface area contributed by atoms with Crippen LogP contribution in [0.15, 0.2) is 59.1 Å². The van der Waals surface area contributed by atoms with Gasteiger partial charge in [-0.25, -0.2) is 4.98 Å². The number of carbonyl (C=O) groups is 1. The molecule has 0 bridgehead atoms. The molecule has 0 aliphatic carbocycles. The molecule has 156 valence electrons. The third-order valence-corrected chi connectivity index (χ3v) is 5.80. The van der Waals surface area contributed by atoms with Crippen LogP contribution in [0.5, 0.6) is 0 Å². The first-order valence-electron chi connectivity index (χ1n) is 8.98. The highest BCUT2D eigenvalue weighted by Crippen LogP contribution is 2.27. The normalized spacial score (nSPS) is 10.7. The highest BCUT2D eigenvalue weighted by atomic mass is 32.2. The number of rotatable bonds is 7. The van der Waals surface area contributed by atoms with Gasteiger partial charge in [-0.05, 0) is 35.0 Å². The van der Waals surface area contributed by atoms with Gasteiger partial charge in [-0.1, -0.05) is 36.0 Å². The van der Waals surface area contributed by atoms with Crippen molar-refractivity contribution < 1.29 is 9.72 Å². The van der Waals surface area contributed by atoms with Crippen molar-refractivity contribution in [2.75, 3.05) is 11.1 Å². The first kappa shape index (κ1) is 20.6. The lowest BCUT2D eigenvalue weighted by molar-refractivity contribution is -0.384. The number of nitro benzene ring substituents is 1. The van der Waals surface area contributed by atoms with E-state index in [0.29, 0.717) is 21.5 Å². The molecule has 0 unspecified atom stereocenters. The van der Waals surface area contributed by atoms with Gasteiger partial charge in [0.1, 0.15) is 0 Å². The minimum absolute atomic E-state index is 0.0150. The number of anilines is 1. The molecule has 0 saturated heterocycles. The average molecular weight is 454 g/mol. The first-order chi connectivity index (χ1) is 15.0. The fourth-order valence-corrected chi connectivity index (χ4v) is 4.15. The number of aryl methyl sites for hydroxylation is 1. The van der Waals surface area contributed by atoms with Gasteiger partial charge >= 0.3 is 0 Å². The number of nitrogens with one attached hydrogen (secondary N) is 1. The summed E-state index contributed by atoms with van der Waals surface area (Å²) in [6.07, 6.45) is 0. The number of thiazole rings is 1. The van der Waals surface area contributed by atoms with E-state index in [4.69, 9.17) is 0 Å². The molecule has 10 nitrogen and oxygen atoms in total. The van der Waals surface area contributed by atoms with Crippen LogP contribution in [0, 0.1) is 17.0 Å². The van der Waals surface area contributed by atoms with Crippen molar-refractivity contribution in [1.82, 2.24) is 25.2 Å². The van der Waals surface area contributed by atoms with Gasteiger partial charge in [0.15, 0.2) is 5.13 Å². The summed E-state index contributed by atoms with van der Waals surface area (Å²) in [7, 11) is 0. The van der Waals surface area contributed by atoms with Gasteiger partial charge in [-0.3, -0.25) is 14.9 Å². The summed E-state index contributed by atoms with van der Waals surface area (Å²) >= 11 is 2.45. The Balaban J connectivity index is 1.39. The molecule has 31 heavy (non-hydrogen) atoms. The Labute approximate surface area is 184 Å². The second-order valence-electron chi connectivity index (χ2n) is 6.39. The highest BCUT2D eigenvalue weighted by Gasteiger charge is 2.14. The molecular formula is C19H15N7O3S2. The third-order valence-electron chi connectivity index (χ3n) is 4.12. The lowest BCUT2D eigenvalue weighted by atomic mass is 10.1. The summed E-state index contributed by atoms with van der Waals surface area (Å²) in [6, 6.07) is 13.9. The lowest BCUT2D eigenvalue weighted by Crippen LogP contribution is -2.14. The topological polar surface area (TPSA) is 129 Å². The quantitative estimate of drug-likeness (QED) is 0.255. The molecular weight excluding hydrogens is 438 g/mol. The fraction of sp³-hybridized carbons (Fsp3) is 0.105. The number of nitrogens with zero attached hydrogens (tertiary/aromatic N) is 6. The van der Waals surface area contributed by atoms with Gasteiger partial charge in [0.05, 0.1) is 22.1 Å². The molecule has 2 heterocycles. The van der Waals surface area contributed by atoms with Crippen molar-refractivity contribution in [3.8, 4) is 16.9 Å². The van der Waals surface area contributed by atoms with Crippen molar-refractivity contribution in [2.24, 2.45) is 0 Å². The van der Waals surface area contributed by atoms with Crippen LogP contribution in [0.3, 0.4) is 0 Å². The molecule has 1 amide bonds. The molecule has 4 rings (SSSR count). The number of nitro groups is 1. The minimum atomic E-state index is -0.458. The van der Waals surface area contributed by atoms with Gasteiger partial charge in [0, 0.05) is 23.1 Å². The predicted molar refractivity (Wildman–Crippen MR) is 117 cm³/mol. The van der Waals surface area contributed by atoms with Gasteiger partial charge in [-0.15, -0.1) is 16.4 Å². The zero-order valence-corrected chi connectivity index (χ0v) is 17.8. The van der Waals surface area contributed by atoms with Crippen molar-refractivity contribution in [1.29, 1.82) is 0 Å². The Morgan fingerprint density at radius 1 is 1.26 bits per heavy atom. The Morgan fingerprint density at radius 2 is 2.10 bits per heavy atom. The van der Waals surface area contributed by atoms with Crippen LogP contribution in [0.1, 0.15) is 5.56 Å². The van der Waals surface area contributed by atoms with Crippen LogP contribution in [0.4, 0.5) is 10.8 Å². The van der Waals surface area contributed by atoms with Crippen LogP contribution < -0.4 is 5.32 Å². The largest absolute Gasteiger partial charge is 0.301 e. The van der Waals surface area contributed by atoms with Crippen molar-refractivity contribution in [3.05, 3.63) is 69.6 Å². The van der Waals surface area contributed by atoms with Crippen LogP contribution in [-0.2, 0) is 4.79 Å². The molecule has 2 aromatic heterocycles. The monoisotopic (exact) mass is 453 g/mol. The van der Waals surface area contributed by atoms with Gasteiger partial charge < -0.3 is 5.32 Å². The second-order valence-corrected chi connectivity index (χ2v) is 8.20. The molecule has 0 radical (unpaired) electrons. The predicted octanol–water partition coefficient (Wildman–Crippen LogP) is 3.73. The SMILES string of the molecule is Cc1cccc(-n2nnnc2SCC(=O)Nc2nc(-c3cccc([N+](=O)[O-])c3)cs2)c1. The Kier molecular flexibility index (Phi) is 6.00. The number of tetrazole rings is 1. The number of non-ortho nitro benzene ring substituents is 1. The van der Waals surface area contributed by atoms with Crippen molar-refractivity contribution >= 4 is 39.8 Å². The molecule has 0 aliphatic rings. The molecule has 4 aromatic rings. The first-order valence-corrected chi connectivity index (χ1v) is 10.8. The van der Waals surface area contributed by atoms with E-state index in [-0.39, 0.29) is 17.3 Å². The maximum atomic E-state index is 12.4. The van der Waals surface area contributed by atoms with E-state index < -0.39 is 4.92 Å². The third kappa shape index (κ3) is 4.92. The van der Waals surface area contributed by atoms with Crippen molar-refractivity contribution in [2.45, 2.75) is 12.1 Å². The lowest BCUT2D eigenvalue weighted by Gasteiger charge is -2.05. The minimum Gasteiger partial charge on any atom is -0.301 e. The highest BCUT2D eigenvalue weighted by molar-refractivity contribution is 7.99. The molecule has 0 fully saturated rings. The van der Waals surface area contributed by atoms with E-state index in [9.17, 15) is 14.9 Å². The fourth-order valence-electron chi connectivity index (χ4n) is 2.72. The summed E-state index contributed by atoms with van der Waals surface area (Å²) in [5, 5.41) is 28.0. The van der Waals surface area contributed by atoms with E-state index in [1.54, 1.807) is 22.2 Å². The van der Waals surface area contributed by atoms with Crippen LogP contribution in [0.25, 0.3) is 16.9 Å². The number of thioether (sulfide) groups is 1. The Morgan fingerprint density at radius 3 is 2.90 bits per heavy atom. The smallest absolute Gasteiger partial charge is 0.270 e. The van der Waals surface area contributed by atoms with Crippen molar-refractivity contribution in [3.63, 3.8) is 0 Å². The van der Waals surface area contributed by atoms with Crippen LogP contribution in [-0.4, -0.2) is 41.8 Å². The summed E-state index contributed by atoms with van der Waals surface area (Å²) in [4.78, 5) is 27.2. The molecule has 2 aromatic carbocycles. The molecule has 0 saturated carbocycles. The van der Waals surface area contributed by atoms with Gasteiger partial charge in [0.25, 0.3) is 5.69 Å². The summed E-state index contributed by atoms with van der Waals surface area (Å²) in [6.45, 7) is 1.98. The van der Waals surface area contributed by atoms with E-state index in [1.807, 2.05) is 31.2 Å². The maximum absolute atomic E-state index is 12.4. The van der Waals surface area contributed by atoms with Gasteiger partial charge in [-0.2, -0.15) is 4.68 Å². The molecule has 0 spiro atoms. The van der Waals surface area contributed by atoms with Crippen LogP contribution >= 0.6 is 23.1 Å². The molecule has 0 atom stereocenters. The van der Waals surface area contributed by atoms with Crippen LogP contribution in [0.2, 0.25) is 0 Å². The Bertz CT molecular complexity index is 1250. The van der Waals surface area contributed by atoms with E-state index in [1.165, 1.54) is 35.2 Å².